The fourth-order valence-electron chi connectivity index (χ4n) is 3.42. The third kappa shape index (κ3) is 3.60. The number of carbonyl (C=O) groups is 2. The lowest BCUT2D eigenvalue weighted by atomic mass is 10.0. The first-order valence-electron chi connectivity index (χ1n) is 9.21. The van der Waals surface area contributed by atoms with Gasteiger partial charge in [-0.1, -0.05) is 84.9 Å². The Kier molecular flexibility index (Phi) is 5.31. The van der Waals surface area contributed by atoms with Crippen LogP contribution in [0.2, 0.25) is 0 Å². The van der Waals surface area contributed by atoms with Gasteiger partial charge < -0.3 is 4.74 Å². The summed E-state index contributed by atoms with van der Waals surface area (Å²) in [6.07, 6.45) is 0.368. The van der Waals surface area contributed by atoms with Crippen LogP contribution in [0.5, 0.6) is 0 Å². The van der Waals surface area contributed by atoms with Gasteiger partial charge in [0.1, 0.15) is 6.61 Å². The molecule has 1 aliphatic carbocycles. The third-order valence-electron chi connectivity index (χ3n) is 4.94. The topological polar surface area (TPSA) is 43.4 Å². The van der Waals surface area contributed by atoms with Crippen molar-refractivity contribution in [3.63, 3.8) is 0 Å². The Bertz CT molecular complexity index is 985. The Labute approximate surface area is 168 Å². The van der Waals surface area contributed by atoms with Crippen LogP contribution in [0.4, 0.5) is 0 Å². The van der Waals surface area contributed by atoms with Gasteiger partial charge in [-0.05, 0) is 16.7 Å². The summed E-state index contributed by atoms with van der Waals surface area (Å²) in [5.41, 5.74) is 3.51. The zero-order valence-corrected chi connectivity index (χ0v) is 16.2. The molecule has 0 saturated heterocycles. The Hall–Kier alpha value is -2.85. The molecule has 0 aliphatic heterocycles. The highest BCUT2D eigenvalue weighted by molar-refractivity contribution is 8.01. The normalized spacial score (nSPS) is 17.9. The van der Waals surface area contributed by atoms with Gasteiger partial charge in [-0.3, -0.25) is 9.59 Å². The van der Waals surface area contributed by atoms with E-state index < -0.39 is 10.7 Å². The average Bonchev–Trinajstić information content (AvgIpc) is 3.05. The highest BCUT2D eigenvalue weighted by atomic mass is 32.2. The minimum atomic E-state index is -1.23. The number of Topliss-reactive ketones (excluding diaryl/α,β-unsaturated/α-hetero) is 1. The van der Waals surface area contributed by atoms with E-state index in [1.54, 1.807) is 6.07 Å². The largest absolute Gasteiger partial charge is 0.459 e. The molecule has 3 aromatic carbocycles. The Morgan fingerprint density at radius 3 is 2.14 bits per heavy atom. The molecule has 1 atom stereocenters. The van der Waals surface area contributed by atoms with Crippen LogP contribution in [0.25, 0.3) is 0 Å². The predicted octanol–water partition coefficient (Wildman–Crippen LogP) is 4.84. The Morgan fingerprint density at radius 2 is 1.46 bits per heavy atom. The van der Waals surface area contributed by atoms with E-state index in [1.165, 1.54) is 11.8 Å². The summed E-state index contributed by atoms with van der Waals surface area (Å²) in [4.78, 5) is 26.4. The number of ketones is 1. The minimum absolute atomic E-state index is 0.151. The monoisotopic (exact) mass is 388 g/mol. The van der Waals surface area contributed by atoms with Gasteiger partial charge in [-0.25, -0.2) is 0 Å². The van der Waals surface area contributed by atoms with E-state index in [-0.39, 0.29) is 12.4 Å². The standard InChI is InChI=1S/C24H20O3S/c25-22-21-14-8-7-13-20(21)15-24(22,28-17-19-11-5-2-6-12-19)23(26)27-16-18-9-3-1-4-10-18/h1-14H,15-17H2/t24-/m1/s1. The maximum absolute atomic E-state index is 13.3. The molecule has 0 unspecified atom stereocenters. The lowest BCUT2D eigenvalue weighted by molar-refractivity contribution is -0.146. The molecule has 1 aliphatic rings. The second-order valence-electron chi connectivity index (χ2n) is 6.83. The van der Waals surface area contributed by atoms with Gasteiger partial charge in [0, 0.05) is 17.7 Å². The molecule has 3 nitrogen and oxygen atoms in total. The van der Waals surface area contributed by atoms with Crippen LogP contribution in [-0.2, 0) is 28.3 Å². The number of thioether (sulfide) groups is 1. The molecule has 0 N–H and O–H groups in total. The second kappa shape index (κ2) is 8.03. The average molecular weight is 388 g/mol. The fraction of sp³-hybridized carbons (Fsp3) is 0.167. The van der Waals surface area contributed by atoms with Gasteiger partial charge >= 0.3 is 5.97 Å². The van der Waals surface area contributed by atoms with Crippen molar-refractivity contribution in [1.82, 2.24) is 0 Å². The highest BCUT2D eigenvalue weighted by Crippen LogP contribution is 2.42. The number of rotatable bonds is 6. The van der Waals surface area contributed by atoms with E-state index in [2.05, 4.69) is 0 Å². The number of ether oxygens (including phenoxy) is 1. The first-order chi connectivity index (χ1) is 13.7. The first-order valence-corrected chi connectivity index (χ1v) is 10.2. The van der Waals surface area contributed by atoms with Crippen molar-refractivity contribution in [3.05, 3.63) is 107 Å². The SMILES string of the molecule is O=C(OCc1ccccc1)[C@@]1(SCc2ccccc2)Cc2ccccc2C1=O. The molecule has 4 heteroatoms. The van der Waals surface area contributed by atoms with Crippen LogP contribution >= 0.6 is 11.8 Å². The summed E-state index contributed by atoms with van der Waals surface area (Å²) < 4.78 is 4.40. The Balaban J connectivity index is 1.58. The van der Waals surface area contributed by atoms with Crippen molar-refractivity contribution in [2.24, 2.45) is 0 Å². The second-order valence-corrected chi connectivity index (χ2v) is 8.10. The van der Waals surface area contributed by atoms with Gasteiger partial charge in [0.2, 0.25) is 0 Å². The Morgan fingerprint density at radius 1 is 0.857 bits per heavy atom. The number of hydrogen-bond acceptors (Lipinski definition) is 4. The van der Waals surface area contributed by atoms with Crippen molar-refractivity contribution in [2.75, 3.05) is 0 Å². The van der Waals surface area contributed by atoms with E-state index >= 15 is 0 Å². The van der Waals surface area contributed by atoms with E-state index in [9.17, 15) is 9.59 Å². The summed E-state index contributed by atoms with van der Waals surface area (Å²) >= 11 is 1.37. The molecule has 3 aromatic rings. The lowest BCUT2D eigenvalue weighted by Gasteiger charge is -2.25. The minimum Gasteiger partial charge on any atom is -0.459 e. The molecule has 4 rings (SSSR count). The molecule has 0 amide bonds. The maximum atomic E-state index is 13.3. The fourth-order valence-corrected chi connectivity index (χ4v) is 4.70. The zero-order chi connectivity index (χ0) is 19.4. The van der Waals surface area contributed by atoms with Gasteiger partial charge in [0.05, 0.1) is 0 Å². The summed E-state index contributed by atoms with van der Waals surface area (Å²) in [5, 5.41) is 0. The van der Waals surface area contributed by atoms with E-state index in [1.807, 2.05) is 78.9 Å². The van der Waals surface area contributed by atoms with Crippen molar-refractivity contribution in [1.29, 1.82) is 0 Å². The maximum Gasteiger partial charge on any atom is 0.330 e. The molecule has 28 heavy (non-hydrogen) atoms. The quantitative estimate of drug-likeness (QED) is 0.448. The van der Waals surface area contributed by atoms with Crippen LogP contribution in [0.1, 0.15) is 27.0 Å². The molecule has 0 bridgehead atoms. The highest BCUT2D eigenvalue weighted by Gasteiger charge is 2.53. The molecule has 0 radical (unpaired) electrons. The molecular formula is C24H20O3S. The van der Waals surface area contributed by atoms with Crippen LogP contribution < -0.4 is 0 Å². The van der Waals surface area contributed by atoms with Crippen LogP contribution in [-0.4, -0.2) is 16.5 Å². The van der Waals surface area contributed by atoms with Gasteiger partial charge in [-0.2, -0.15) is 0 Å². The molecule has 140 valence electrons. The zero-order valence-electron chi connectivity index (χ0n) is 15.3. The number of carbonyl (C=O) groups excluding carboxylic acids is 2. The molecule has 0 aromatic heterocycles. The van der Waals surface area contributed by atoms with E-state index in [0.717, 1.165) is 16.7 Å². The van der Waals surface area contributed by atoms with Crippen molar-refractivity contribution < 1.29 is 14.3 Å². The molecule has 0 spiro atoms. The summed E-state index contributed by atoms with van der Waals surface area (Å²) in [7, 11) is 0. The van der Waals surface area contributed by atoms with Gasteiger partial charge in [0.15, 0.2) is 10.5 Å². The summed E-state index contributed by atoms with van der Waals surface area (Å²) in [6, 6.07) is 26.9. The molecule has 0 fully saturated rings. The van der Waals surface area contributed by atoms with Crippen molar-refractivity contribution in [3.8, 4) is 0 Å². The number of fused-ring (bicyclic) bond motifs is 1. The number of benzene rings is 3. The predicted molar refractivity (Wildman–Crippen MR) is 111 cm³/mol. The third-order valence-corrected chi connectivity index (χ3v) is 6.41. The van der Waals surface area contributed by atoms with Gasteiger partial charge in [-0.15, -0.1) is 11.8 Å². The lowest BCUT2D eigenvalue weighted by Crippen LogP contribution is -2.43. The molecule has 0 heterocycles. The number of esters is 1. The van der Waals surface area contributed by atoms with Crippen LogP contribution in [0.3, 0.4) is 0 Å². The van der Waals surface area contributed by atoms with Gasteiger partial charge in [0.25, 0.3) is 0 Å². The smallest absolute Gasteiger partial charge is 0.330 e. The number of hydrogen-bond donors (Lipinski definition) is 0. The van der Waals surface area contributed by atoms with Crippen molar-refractivity contribution in [2.45, 2.75) is 23.5 Å². The van der Waals surface area contributed by atoms with Crippen molar-refractivity contribution >= 4 is 23.5 Å². The first kappa shape index (κ1) is 18.5. The van der Waals surface area contributed by atoms with E-state index in [0.29, 0.717) is 17.7 Å². The van der Waals surface area contributed by atoms with E-state index in [4.69, 9.17) is 4.74 Å². The molecular weight excluding hydrogens is 368 g/mol. The van der Waals surface area contributed by atoms with Crippen LogP contribution in [0.15, 0.2) is 84.9 Å². The summed E-state index contributed by atoms with van der Waals surface area (Å²) in [6.45, 7) is 0.164. The summed E-state index contributed by atoms with van der Waals surface area (Å²) in [5.74, 6) is -0.0401. The molecule has 0 saturated carbocycles. The van der Waals surface area contributed by atoms with Crippen LogP contribution in [0, 0.1) is 0 Å².